The minimum atomic E-state index is -1.07. The lowest BCUT2D eigenvalue weighted by molar-refractivity contribution is -0.114. The van der Waals surface area contributed by atoms with Crippen LogP contribution in [0.3, 0.4) is 0 Å². The number of carbonyl (C=O) groups is 1. The van der Waals surface area contributed by atoms with Gasteiger partial charge in [-0.1, -0.05) is 6.92 Å². The lowest BCUT2D eigenvalue weighted by Crippen LogP contribution is -2.56. The molecule has 6 heteroatoms. The van der Waals surface area contributed by atoms with Crippen LogP contribution in [0.15, 0.2) is 12.4 Å². The van der Waals surface area contributed by atoms with E-state index in [1.807, 2.05) is 13.8 Å². The van der Waals surface area contributed by atoms with Crippen LogP contribution >= 0.6 is 0 Å². The van der Waals surface area contributed by atoms with Crippen molar-refractivity contribution in [2.75, 3.05) is 13.1 Å². The molecule has 1 amide bonds. The maximum Gasteiger partial charge on any atom is 0.257 e. The molecule has 0 spiro atoms. The summed E-state index contributed by atoms with van der Waals surface area (Å²) < 4.78 is 1.69. The topological polar surface area (TPSA) is 78.6 Å². The Morgan fingerprint density at radius 3 is 2.84 bits per heavy atom. The standard InChI is InChI=1S/C13H21N3O3/c1-3-13(19)5-6-15(9-11(13)17)12(18)10-7-14-16(4-2)8-10/h7-8,11,17,19H,3-6,9H2,1-2H3/t11-,13-/m1/s1. The van der Waals surface area contributed by atoms with Crippen LogP contribution in [0.2, 0.25) is 0 Å². The van der Waals surface area contributed by atoms with Crippen LogP contribution < -0.4 is 0 Å². The number of aliphatic hydroxyl groups excluding tert-OH is 1. The summed E-state index contributed by atoms with van der Waals surface area (Å²) >= 11 is 0. The van der Waals surface area contributed by atoms with Crippen LogP contribution in [0.4, 0.5) is 0 Å². The molecule has 1 aliphatic rings. The summed E-state index contributed by atoms with van der Waals surface area (Å²) in [6, 6.07) is 0. The van der Waals surface area contributed by atoms with Gasteiger partial charge in [0.2, 0.25) is 0 Å². The largest absolute Gasteiger partial charge is 0.388 e. The first-order chi connectivity index (χ1) is 9.00. The zero-order chi connectivity index (χ0) is 14.0. The molecule has 0 aromatic carbocycles. The van der Waals surface area contributed by atoms with Gasteiger partial charge in [-0.05, 0) is 19.8 Å². The number of rotatable bonds is 3. The summed E-state index contributed by atoms with van der Waals surface area (Å²) in [6.07, 6.45) is 3.24. The summed E-state index contributed by atoms with van der Waals surface area (Å²) in [6.45, 7) is 5.13. The van der Waals surface area contributed by atoms with E-state index >= 15 is 0 Å². The van der Waals surface area contributed by atoms with Gasteiger partial charge in [0.25, 0.3) is 5.91 Å². The monoisotopic (exact) mass is 267 g/mol. The quantitative estimate of drug-likeness (QED) is 0.823. The molecule has 6 nitrogen and oxygen atoms in total. The minimum Gasteiger partial charge on any atom is -0.388 e. The second kappa shape index (κ2) is 5.30. The Morgan fingerprint density at radius 2 is 2.32 bits per heavy atom. The second-order valence-electron chi connectivity index (χ2n) is 5.06. The fraction of sp³-hybridized carbons (Fsp3) is 0.692. The van der Waals surface area contributed by atoms with E-state index in [1.165, 1.54) is 0 Å². The first-order valence-electron chi connectivity index (χ1n) is 6.72. The Labute approximate surface area is 112 Å². The smallest absolute Gasteiger partial charge is 0.257 e. The van der Waals surface area contributed by atoms with Crippen molar-refractivity contribution < 1.29 is 15.0 Å². The van der Waals surface area contributed by atoms with Gasteiger partial charge in [0.05, 0.1) is 17.4 Å². The zero-order valence-corrected chi connectivity index (χ0v) is 11.4. The highest BCUT2D eigenvalue weighted by Gasteiger charge is 2.40. The Balaban J connectivity index is 2.06. The molecule has 2 rings (SSSR count). The number of likely N-dealkylation sites (tertiary alicyclic amines) is 1. The van der Waals surface area contributed by atoms with Gasteiger partial charge in [0, 0.05) is 25.8 Å². The van der Waals surface area contributed by atoms with Gasteiger partial charge < -0.3 is 15.1 Å². The molecule has 2 heterocycles. The van der Waals surface area contributed by atoms with Gasteiger partial charge in [0.15, 0.2) is 0 Å². The molecule has 0 bridgehead atoms. The third kappa shape index (κ3) is 2.64. The van der Waals surface area contributed by atoms with Crippen molar-refractivity contribution in [3.05, 3.63) is 18.0 Å². The number of aryl methyl sites for hydroxylation is 1. The molecule has 1 aliphatic heterocycles. The van der Waals surface area contributed by atoms with Crippen LogP contribution in [0.1, 0.15) is 37.0 Å². The molecule has 19 heavy (non-hydrogen) atoms. The van der Waals surface area contributed by atoms with Crippen LogP contribution in [0, 0.1) is 0 Å². The second-order valence-corrected chi connectivity index (χ2v) is 5.06. The number of aliphatic hydroxyl groups is 2. The molecule has 0 unspecified atom stereocenters. The van der Waals surface area contributed by atoms with E-state index in [9.17, 15) is 15.0 Å². The number of hydrogen-bond acceptors (Lipinski definition) is 4. The molecule has 2 N–H and O–H groups in total. The zero-order valence-electron chi connectivity index (χ0n) is 11.4. The SMILES string of the molecule is CCn1cc(C(=O)N2CC[C@](O)(CC)[C@H](O)C2)cn1. The van der Waals surface area contributed by atoms with Crippen molar-refractivity contribution in [2.24, 2.45) is 0 Å². The molecule has 0 aliphatic carbocycles. The van der Waals surface area contributed by atoms with Gasteiger partial charge in [-0.3, -0.25) is 9.48 Å². The number of nitrogens with zero attached hydrogens (tertiary/aromatic N) is 3. The predicted octanol–water partition coefficient (Wildman–Crippen LogP) is 0.251. The average Bonchev–Trinajstić information content (AvgIpc) is 2.90. The maximum absolute atomic E-state index is 12.3. The number of carbonyl (C=O) groups excluding carboxylic acids is 1. The van der Waals surface area contributed by atoms with Crippen molar-refractivity contribution in [1.82, 2.24) is 14.7 Å². The van der Waals surface area contributed by atoms with Gasteiger partial charge >= 0.3 is 0 Å². The summed E-state index contributed by atoms with van der Waals surface area (Å²) in [5, 5.41) is 24.2. The minimum absolute atomic E-state index is 0.142. The molecule has 106 valence electrons. The number of hydrogen-bond donors (Lipinski definition) is 2. The number of amides is 1. The van der Waals surface area contributed by atoms with Crippen molar-refractivity contribution in [3.8, 4) is 0 Å². The molecule has 0 radical (unpaired) electrons. The maximum atomic E-state index is 12.3. The van der Waals surface area contributed by atoms with Crippen LogP contribution in [-0.4, -0.2) is 55.6 Å². The fourth-order valence-electron chi connectivity index (χ4n) is 2.39. The summed E-state index contributed by atoms with van der Waals surface area (Å²) in [5.74, 6) is -0.142. The van der Waals surface area contributed by atoms with Gasteiger partial charge in [-0.15, -0.1) is 0 Å². The van der Waals surface area contributed by atoms with E-state index in [-0.39, 0.29) is 12.5 Å². The normalized spacial score (nSPS) is 27.6. The third-order valence-corrected chi connectivity index (χ3v) is 3.93. The first kappa shape index (κ1) is 14.0. The molecule has 1 fully saturated rings. The average molecular weight is 267 g/mol. The van der Waals surface area contributed by atoms with Crippen LogP contribution in [0.25, 0.3) is 0 Å². The lowest BCUT2D eigenvalue weighted by Gasteiger charge is -2.41. The van der Waals surface area contributed by atoms with E-state index in [1.54, 1.807) is 22.0 Å². The number of aromatic nitrogens is 2. The first-order valence-corrected chi connectivity index (χ1v) is 6.72. The molecule has 1 aromatic rings. The van der Waals surface area contributed by atoms with E-state index in [4.69, 9.17) is 0 Å². The summed E-state index contributed by atoms with van der Waals surface area (Å²) in [5.41, 5.74) is -0.541. The molecular formula is C13H21N3O3. The van der Waals surface area contributed by atoms with Gasteiger partial charge in [-0.2, -0.15) is 5.10 Å². The highest BCUT2D eigenvalue weighted by Crippen LogP contribution is 2.26. The lowest BCUT2D eigenvalue weighted by atomic mass is 9.86. The number of piperidine rings is 1. The molecular weight excluding hydrogens is 246 g/mol. The Morgan fingerprint density at radius 1 is 1.58 bits per heavy atom. The number of β-amino-alcohol motifs (C(OH)–C–C–N with tert-alkyl or cyclic N) is 1. The Kier molecular flexibility index (Phi) is 3.91. The third-order valence-electron chi connectivity index (χ3n) is 3.93. The summed E-state index contributed by atoms with van der Waals surface area (Å²) in [7, 11) is 0. The van der Waals surface area contributed by atoms with Crippen molar-refractivity contribution in [1.29, 1.82) is 0 Å². The highest BCUT2D eigenvalue weighted by atomic mass is 16.3. The van der Waals surface area contributed by atoms with Gasteiger partial charge in [0.1, 0.15) is 6.10 Å². The molecule has 1 aromatic heterocycles. The summed E-state index contributed by atoms with van der Waals surface area (Å²) in [4.78, 5) is 13.8. The van der Waals surface area contributed by atoms with E-state index < -0.39 is 11.7 Å². The van der Waals surface area contributed by atoms with E-state index in [0.717, 1.165) is 0 Å². The highest BCUT2D eigenvalue weighted by molar-refractivity contribution is 5.93. The van der Waals surface area contributed by atoms with Gasteiger partial charge in [-0.25, -0.2) is 0 Å². The van der Waals surface area contributed by atoms with Crippen molar-refractivity contribution in [2.45, 2.75) is 44.9 Å². The Hall–Kier alpha value is -1.40. The molecule has 1 saturated heterocycles. The van der Waals surface area contributed by atoms with Crippen molar-refractivity contribution in [3.63, 3.8) is 0 Å². The van der Waals surface area contributed by atoms with Crippen molar-refractivity contribution >= 4 is 5.91 Å². The molecule has 0 saturated carbocycles. The molecule has 2 atom stereocenters. The van der Waals surface area contributed by atoms with Crippen LogP contribution in [-0.2, 0) is 6.54 Å². The van der Waals surface area contributed by atoms with E-state index in [2.05, 4.69) is 5.10 Å². The fourth-order valence-corrected chi connectivity index (χ4v) is 2.39. The van der Waals surface area contributed by atoms with Crippen LogP contribution in [0.5, 0.6) is 0 Å². The van der Waals surface area contributed by atoms with E-state index in [0.29, 0.717) is 31.5 Å². The predicted molar refractivity (Wildman–Crippen MR) is 69.7 cm³/mol. The Bertz CT molecular complexity index is 460.